The van der Waals surface area contributed by atoms with Gasteiger partial charge in [-0.25, -0.2) is 5.10 Å². The van der Waals surface area contributed by atoms with E-state index in [4.69, 9.17) is 4.18 Å². The minimum absolute atomic E-state index is 0.0619. The van der Waals surface area contributed by atoms with Gasteiger partial charge in [-0.05, 0) is 29.5 Å². The van der Waals surface area contributed by atoms with Gasteiger partial charge >= 0.3 is 0 Å². The molecule has 0 aliphatic heterocycles. The van der Waals surface area contributed by atoms with E-state index in [1.54, 1.807) is 0 Å². The van der Waals surface area contributed by atoms with Crippen molar-refractivity contribution in [1.82, 2.24) is 10.2 Å². The van der Waals surface area contributed by atoms with Crippen LogP contribution in [0.3, 0.4) is 0 Å². The first kappa shape index (κ1) is 20.0. The van der Waals surface area contributed by atoms with Crippen LogP contribution < -0.4 is 5.56 Å². The summed E-state index contributed by atoms with van der Waals surface area (Å²) in [5.41, 5.74) is 3.35. The topological polar surface area (TPSA) is 89.1 Å². The summed E-state index contributed by atoms with van der Waals surface area (Å²) in [6.45, 7) is 0.0619. The molecule has 0 aliphatic rings. The third-order valence-corrected chi connectivity index (χ3v) is 4.94. The monoisotopic (exact) mass is 398 g/mol. The number of aromatic amines is 1. The Morgan fingerprint density at radius 3 is 2.11 bits per heavy atom. The highest BCUT2D eigenvalue weighted by Crippen LogP contribution is 2.32. The molecular formula is C21H22N2O4S. The van der Waals surface area contributed by atoms with Crippen LogP contribution in [0.5, 0.6) is 0 Å². The maximum atomic E-state index is 11.9. The summed E-state index contributed by atoms with van der Waals surface area (Å²) >= 11 is 0. The van der Waals surface area contributed by atoms with Crippen molar-refractivity contribution in [2.75, 3.05) is 12.9 Å². The van der Waals surface area contributed by atoms with Gasteiger partial charge in [-0.15, -0.1) is 0 Å². The van der Waals surface area contributed by atoms with Crippen LogP contribution in [-0.2, 0) is 20.7 Å². The van der Waals surface area contributed by atoms with Crippen LogP contribution in [0.15, 0.2) is 71.5 Å². The molecular weight excluding hydrogens is 376 g/mol. The summed E-state index contributed by atoms with van der Waals surface area (Å²) in [4.78, 5) is 11.9. The first-order chi connectivity index (χ1) is 13.4. The Morgan fingerprint density at radius 1 is 1.00 bits per heavy atom. The highest BCUT2D eigenvalue weighted by Gasteiger charge is 2.21. The smallest absolute Gasteiger partial charge is 0.264 e. The molecule has 0 unspecified atom stereocenters. The molecule has 1 aromatic heterocycles. The van der Waals surface area contributed by atoms with Crippen LogP contribution >= 0.6 is 0 Å². The maximum Gasteiger partial charge on any atom is 0.264 e. The molecule has 0 bridgehead atoms. The molecule has 3 aromatic rings. The largest absolute Gasteiger partial charge is 0.270 e. The quantitative estimate of drug-likeness (QED) is 0.466. The molecule has 0 radical (unpaired) electrons. The summed E-state index contributed by atoms with van der Waals surface area (Å²) in [5, 5.41) is 6.90. The zero-order chi connectivity index (χ0) is 20.0. The molecule has 0 saturated carbocycles. The Labute approximate surface area is 164 Å². The minimum atomic E-state index is -3.48. The lowest BCUT2D eigenvalue weighted by Crippen LogP contribution is -2.17. The maximum absolute atomic E-state index is 11.9. The lowest BCUT2D eigenvalue weighted by Gasteiger charge is -2.20. The average Bonchev–Trinajstić information content (AvgIpc) is 2.68. The Hall–Kier alpha value is -2.77. The fourth-order valence-electron chi connectivity index (χ4n) is 3.17. The van der Waals surface area contributed by atoms with Crippen LogP contribution in [0.25, 0.3) is 0 Å². The Morgan fingerprint density at radius 2 is 1.57 bits per heavy atom. The van der Waals surface area contributed by atoms with E-state index in [1.807, 2.05) is 60.7 Å². The average molecular weight is 398 g/mol. The van der Waals surface area contributed by atoms with E-state index in [-0.39, 0.29) is 18.1 Å². The molecule has 146 valence electrons. The number of H-pyrrole nitrogens is 1. The number of aryl methyl sites for hydroxylation is 1. The number of nitrogens with zero attached hydrogens (tertiary/aromatic N) is 1. The highest BCUT2D eigenvalue weighted by molar-refractivity contribution is 7.85. The molecule has 6 nitrogen and oxygen atoms in total. The summed E-state index contributed by atoms with van der Waals surface area (Å²) in [7, 11) is -3.48. The van der Waals surface area contributed by atoms with Crippen LogP contribution in [0.4, 0.5) is 0 Å². The number of hydrogen-bond donors (Lipinski definition) is 1. The van der Waals surface area contributed by atoms with Crippen molar-refractivity contribution in [1.29, 1.82) is 0 Å². The molecule has 0 amide bonds. The van der Waals surface area contributed by atoms with Crippen molar-refractivity contribution in [3.63, 3.8) is 0 Å². The third-order valence-electron chi connectivity index (χ3n) is 4.35. The van der Waals surface area contributed by atoms with Gasteiger partial charge in [-0.3, -0.25) is 8.98 Å². The molecule has 0 spiro atoms. The minimum Gasteiger partial charge on any atom is -0.270 e. The van der Waals surface area contributed by atoms with Crippen molar-refractivity contribution in [3.05, 3.63) is 99.5 Å². The third kappa shape index (κ3) is 5.37. The van der Waals surface area contributed by atoms with Crippen LogP contribution in [0.2, 0.25) is 0 Å². The standard InChI is InChI=1S/C21H22N2O4S/c1-28(25,26)27-14-8-13-18-15-19(24)22-23-21(18)20(16-9-4-2-5-10-16)17-11-6-3-7-12-17/h2-7,9-12,15,20H,8,13-14H2,1H3,(H,22,24). The predicted molar refractivity (Wildman–Crippen MR) is 108 cm³/mol. The van der Waals surface area contributed by atoms with Gasteiger partial charge in [0.1, 0.15) is 0 Å². The molecule has 1 heterocycles. The van der Waals surface area contributed by atoms with Crippen LogP contribution in [0, 0.1) is 0 Å². The molecule has 7 heteroatoms. The fourth-order valence-corrected chi connectivity index (χ4v) is 3.59. The van der Waals surface area contributed by atoms with Crippen LogP contribution in [0.1, 0.15) is 34.7 Å². The molecule has 0 fully saturated rings. The second-order valence-corrected chi connectivity index (χ2v) is 8.17. The van der Waals surface area contributed by atoms with E-state index < -0.39 is 10.1 Å². The van der Waals surface area contributed by atoms with Gasteiger partial charge in [0.15, 0.2) is 0 Å². The normalized spacial score (nSPS) is 11.6. The van der Waals surface area contributed by atoms with Crippen molar-refractivity contribution < 1.29 is 12.6 Å². The molecule has 28 heavy (non-hydrogen) atoms. The zero-order valence-electron chi connectivity index (χ0n) is 15.5. The van der Waals surface area contributed by atoms with E-state index in [0.717, 1.165) is 28.6 Å². The lowest BCUT2D eigenvalue weighted by atomic mass is 9.85. The van der Waals surface area contributed by atoms with E-state index >= 15 is 0 Å². The van der Waals surface area contributed by atoms with Gasteiger partial charge in [0.2, 0.25) is 0 Å². The van der Waals surface area contributed by atoms with Crippen LogP contribution in [-0.4, -0.2) is 31.5 Å². The molecule has 2 aromatic carbocycles. The molecule has 0 aliphatic carbocycles. The fraction of sp³-hybridized carbons (Fsp3) is 0.238. The van der Waals surface area contributed by atoms with E-state index in [9.17, 15) is 13.2 Å². The van der Waals surface area contributed by atoms with Gasteiger partial charge in [-0.1, -0.05) is 60.7 Å². The second kappa shape index (κ2) is 8.95. The van der Waals surface area contributed by atoms with Gasteiger partial charge in [-0.2, -0.15) is 13.5 Å². The Balaban J connectivity index is 1.97. The van der Waals surface area contributed by atoms with Gasteiger partial charge in [0.25, 0.3) is 15.7 Å². The van der Waals surface area contributed by atoms with Crippen molar-refractivity contribution in [3.8, 4) is 0 Å². The van der Waals surface area contributed by atoms with Gasteiger partial charge in [0.05, 0.1) is 24.5 Å². The summed E-state index contributed by atoms with van der Waals surface area (Å²) in [6.07, 6.45) is 1.97. The summed E-state index contributed by atoms with van der Waals surface area (Å²) in [5.74, 6) is -0.148. The van der Waals surface area contributed by atoms with E-state index in [1.165, 1.54) is 6.07 Å². The molecule has 0 saturated heterocycles. The van der Waals surface area contributed by atoms with Crippen molar-refractivity contribution in [2.24, 2.45) is 0 Å². The van der Waals surface area contributed by atoms with E-state index in [2.05, 4.69) is 10.2 Å². The summed E-state index contributed by atoms with van der Waals surface area (Å²) in [6, 6.07) is 21.4. The summed E-state index contributed by atoms with van der Waals surface area (Å²) < 4.78 is 27.1. The SMILES string of the molecule is CS(=O)(=O)OCCCc1cc(=O)[nH]nc1C(c1ccccc1)c1ccccc1. The number of nitrogens with one attached hydrogen (secondary N) is 1. The second-order valence-electron chi connectivity index (χ2n) is 6.53. The van der Waals surface area contributed by atoms with Crippen molar-refractivity contribution >= 4 is 10.1 Å². The number of aromatic nitrogens is 2. The Kier molecular flexibility index (Phi) is 6.38. The van der Waals surface area contributed by atoms with E-state index in [0.29, 0.717) is 12.8 Å². The highest BCUT2D eigenvalue weighted by atomic mass is 32.2. The first-order valence-corrected chi connectivity index (χ1v) is 10.8. The molecule has 1 N–H and O–H groups in total. The predicted octanol–water partition coefficient (Wildman–Crippen LogP) is 2.86. The molecule has 3 rings (SSSR count). The first-order valence-electron chi connectivity index (χ1n) is 8.97. The number of rotatable bonds is 8. The lowest BCUT2D eigenvalue weighted by molar-refractivity contribution is 0.315. The number of benzene rings is 2. The Bertz CT molecular complexity index is 1020. The van der Waals surface area contributed by atoms with Crippen molar-refractivity contribution in [2.45, 2.75) is 18.8 Å². The van der Waals surface area contributed by atoms with Gasteiger partial charge < -0.3 is 0 Å². The molecule has 0 atom stereocenters. The zero-order valence-corrected chi connectivity index (χ0v) is 16.4. The number of hydrogen-bond acceptors (Lipinski definition) is 5. The van der Waals surface area contributed by atoms with Gasteiger partial charge in [0, 0.05) is 6.07 Å².